The molecule has 5 nitrogen and oxygen atoms in total. The molecule has 2 rings (SSSR count). The van der Waals surface area contributed by atoms with Crippen molar-refractivity contribution in [1.82, 2.24) is 4.57 Å². The summed E-state index contributed by atoms with van der Waals surface area (Å²) in [6.07, 6.45) is -4.36. The van der Waals surface area contributed by atoms with Crippen LogP contribution in [0, 0.1) is 20.8 Å². The first-order chi connectivity index (χ1) is 13.0. The number of halogens is 3. The maximum atomic E-state index is 12.7. The minimum atomic E-state index is -4.36. The number of aryl methyl sites for hydroxylation is 2. The molecule has 1 heterocycles. The van der Waals surface area contributed by atoms with Crippen LogP contribution in [0.2, 0.25) is 0 Å². The number of quaternary nitrogens is 1. The molecule has 2 N–H and O–H groups in total. The Morgan fingerprint density at radius 3 is 2.25 bits per heavy atom. The van der Waals surface area contributed by atoms with Crippen LogP contribution >= 0.6 is 0 Å². The van der Waals surface area contributed by atoms with E-state index < -0.39 is 12.7 Å². The number of aromatic nitrogens is 1. The molecule has 152 valence electrons. The van der Waals surface area contributed by atoms with Crippen molar-refractivity contribution in [3.8, 4) is 0 Å². The highest BCUT2D eigenvalue weighted by Gasteiger charge is 2.30. The number of hydrogen-bond donors (Lipinski definition) is 2. The van der Waals surface area contributed by atoms with E-state index in [1.165, 1.54) is 13.0 Å². The predicted octanol–water partition coefficient (Wildman–Crippen LogP) is 2.31. The van der Waals surface area contributed by atoms with Crippen molar-refractivity contribution in [2.24, 2.45) is 0 Å². The number of amides is 1. The van der Waals surface area contributed by atoms with Gasteiger partial charge in [-0.15, -0.1) is 0 Å². The number of rotatable bonds is 7. The molecule has 0 fully saturated rings. The Labute approximate surface area is 162 Å². The molecular weight excluding hydrogens is 371 g/mol. The number of Topliss-reactive ketones (excluding diaryl/α,β-unsaturated/α-hetero) is 1. The van der Waals surface area contributed by atoms with Crippen molar-refractivity contribution >= 4 is 17.4 Å². The molecule has 1 unspecified atom stereocenters. The topological polar surface area (TPSA) is 55.5 Å². The second-order valence-electron chi connectivity index (χ2n) is 7.13. The largest absolute Gasteiger partial charge is 0.406 e. The Balaban J connectivity index is 1.97. The van der Waals surface area contributed by atoms with Gasteiger partial charge in [0.05, 0.1) is 7.05 Å². The third-order valence-electron chi connectivity index (χ3n) is 4.47. The van der Waals surface area contributed by atoms with Crippen LogP contribution in [0.1, 0.15) is 27.3 Å². The summed E-state index contributed by atoms with van der Waals surface area (Å²) in [5.41, 5.74) is 2.68. The van der Waals surface area contributed by atoms with Crippen LogP contribution in [-0.2, 0) is 11.3 Å². The SMILES string of the molecule is Cc1ccc(NC(=O)C[NH+](C)CC(=O)c2cc(C)n(CC(F)(F)F)c2C)cc1. The second kappa shape index (κ2) is 8.60. The third kappa shape index (κ3) is 5.95. The van der Waals surface area contributed by atoms with Crippen LogP contribution in [0.15, 0.2) is 30.3 Å². The summed E-state index contributed by atoms with van der Waals surface area (Å²) in [7, 11) is 1.70. The van der Waals surface area contributed by atoms with E-state index in [0.29, 0.717) is 16.3 Å². The molecule has 0 aliphatic heterocycles. The fourth-order valence-corrected chi connectivity index (χ4v) is 3.05. The number of nitrogens with zero attached hydrogens (tertiary/aromatic N) is 1. The Morgan fingerprint density at radius 1 is 1.07 bits per heavy atom. The zero-order chi connectivity index (χ0) is 21.1. The Bertz CT molecular complexity index is 855. The summed E-state index contributed by atoms with van der Waals surface area (Å²) in [4.78, 5) is 25.3. The molecule has 1 aromatic heterocycles. The van der Waals surface area contributed by atoms with E-state index >= 15 is 0 Å². The average Bonchev–Trinajstić information content (AvgIpc) is 2.83. The van der Waals surface area contributed by atoms with E-state index in [2.05, 4.69) is 5.32 Å². The normalized spacial score (nSPS) is 12.7. The number of anilines is 1. The van der Waals surface area contributed by atoms with Crippen molar-refractivity contribution in [3.63, 3.8) is 0 Å². The van der Waals surface area contributed by atoms with Gasteiger partial charge in [0.15, 0.2) is 6.54 Å². The molecule has 0 aliphatic carbocycles. The quantitative estimate of drug-likeness (QED) is 0.706. The number of alkyl halides is 3. The standard InChI is InChI=1S/C20H24F3N3O2/c1-13-5-7-16(8-6-13)24-19(28)11-25(4)10-18(27)17-9-14(2)26(15(17)3)12-20(21,22)23/h5-9H,10-12H2,1-4H3,(H,24,28)/p+1. The average molecular weight is 396 g/mol. The molecule has 1 amide bonds. The van der Waals surface area contributed by atoms with Crippen molar-refractivity contribution in [2.75, 3.05) is 25.5 Å². The molecule has 8 heteroatoms. The number of carbonyl (C=O) groups is 2. The lowest BCUT2D eigenvalue weighted by atomic mass is 10.1. The minimum absolute atomic E-state index is 0.0115. The molecule has 28 heavy (non-hydrogen) atoms. The maximum absolute atomic E-state index is 12.7. The predicted molar refractivity (Wildman–Crippen MR) is 101 cm³/mol. The van der Waals surface area contributed by atoms with Gasteiger partial charge in [0, 0.05) is 22.6 Å². The molecule has 0 spiro atoms. The first-order valence-corrected chi connectivity index (χ1v) is 8.91. The molecule has 0 saturated carbocycles. The van der Waals surface area contributed by atoms with Gasteiger partial charge in [0.1, 0.15) is 13.1 Å². The minimum Gasteiger partial charge on any atom is -0.339 e. The smallest absolute Gasteiger partial charge is 0.339 e. The van der Waals surface area contributed by atoms with E-state index in [0.717, 1.165) is 10.1 Å². The number of carbonyl (C=O) groups excluding carboxylic acids is 2. The van der Waals surface area contributed by atoms with Crippen molar-refractivity contribution in [1.29, 1.82) is 0 Å². The zero-order valence-corrected chi connectivity index (χ0v) is 16.4. The molecule has 0 bridgehead atoms. The lowest BCUT2D eigenvalue weighted by Crippen LogP contribution is -3.11. The van der Waals surface area contributed by atoms with Crippen LogP contribution < -0.4 is 10.2 Å². The second-order valence-corrected chi connectivity index (χ2v) is 7.13. The fraction of sp³-hybridized carbons (Fsp3) is 0.400. The highest BCUT2D eigenvalue weighted by molar-refractivity contribution is 5.98. The molecular formula is C20H25F3N3O2+. The zero-order valence-electron chi connectivity index (χ0n) is 16.4. The van der Waals surface area contributed by atoms with Gasteiger partial charge in [0.2, 0.25) is 5.78 Å². The monoisotopic (exact) mass is 396 g/mol. The first-order valence-electron chi connectivity index (χ1n) is 8.91. The number of benzene rings is 1. The molecule has 1 atom stereocenters. The highest BCUT2D eigenvalue weighted by Crippen LogP contribution is 2.23. The van der Waals surface area contributed by atoms with E-state index in [4.69, 9.17) is 0 Å². The van der Waals surface area contributed by atoms with Crippen LogP contribution in [0.4, 0.5) is 18.9 Å². The van der Waals surface area contributed by atoms with E-state index in [1.807, 2.05) is 19.1 Å². The Kier molecular flexibility index (Phi) is 6.66. The highest BCUT2D eigenvalue weighted by atomic mass is 19.4. The van der Waals surface area contributed by atoms with E-state index in [1.54, 1.807) is 26.1 Å². The number of likely N-dealkylation sites (N-methyl/N-ethyl adjacent to an activating group) is 1. The first kappa shape index (κ1) is 21.7. The molecule has 1 aromatic carbocycles. The number of ketones is 1. The van der Waals surface area contributed by atoms with Crippen LogP contribution in [-0.4, -0.2) is 42.6 Å². The molecule has 0 aliphatic rings. The van der Waals surface area contributed by atoms with Crippen molar-refractivity contribution in [3.05, 3.63) is 52.8 Å². The summed E-state index contributed by atoms with van der Waals surface area (Å²) in [6, 6.07) is 8.83. The summed E-state index contributed by atoms with van der Waals surface area (Å²) < 4.78 is 39.2. The number of hydrogen-bond acceptors (Lipinski definition) is 2. The maximum Gasteiger partial charge on any atom is 0.406 e. The van der Waals surface area contributed by atoms with Gasteiger partial charge in [-0.3, -0.25) is 9.59 Å². The number of nitrogens with one attached hydrogen (secondary N) is 2. The molecule has 0 saturated heterocycles. The van der Waals surface area contributed by atoms with Crippen LogP contribution in [0.3, 0.4) is 0 Å². The van der Waals surface area contributed by atoms with Crippen molar-refractivity contribution < 1.29 is 27.7 Å². The van der Waals surface area contributed by atoms with Gasteiger partial charge < -0.3 is 14.8 Å². The summed E-state index contributed by atoms with van der Waals surface area (Å²) >= 11 is 0. The summed E-state index contributed by atoms with van der Waals surface area (Å²) in [5, 5.41) is 2.76. The summed E-state index contributed by atoms with van der Waals surface area (Å²) in [6.45, 7) is 3.95. The van der Waals surface area contributed by atoms with Crippen molar-refractivity contribution in [2.45, 2.75) is 33.5 Å². The van der Waals surface area contributed by atoms with Gasteiger partial charge in [-0.05, 0) is 39.0 Å². The van der Waals surface area contributed by atoms with Crippen LogP contribution in [0.25, 0.3) is 0 Å². The van der Waals surface area contributed by atoms with E-state index in [-0.39, 0.29) is 36.0 Å². The van der Waals surface area contributed by atoms with Crippen LogP contribution in [0.5, 0.6) is 0 Å². The van der Waals surface area contributed by atoms with Gasteiger partial charge in [-0.25, -0.2) is 0 Å². The summed E-state index contributed by atoms with van der Waals surface area (Å²) in [5.74, 6) is -0.529. The van der Waals surface area contributed by atoms with Gasteiger partial charge in [0.25, 0.3) is 5.91 Å². The fourth-order valence-electron chi connectivity index (χ4n) is 3.05. The Hall–Kier alpha value is -2.61. The third-order valence-corrected chi connectivity index (χ3v) is 4.47. The lowest BCUT2D eigenvalue weighted by molar-refractivity contribution is -0.861. The van der Waals surface area contributed by atoms with Gasteiger partial charge >= 0.3 is 6.18 Å². The molecule has 0 radical (unpaired) electrons. The van der Waals surface area contributed by atoms with Gasteiger partial charge in [-0.2, -0.15) is 13.2 Å². The van der Waals surface area contributed by atoms with E-state index in [9.17, 15) is 22.8 Å². The Morgan fingerprint density at radius 2 is 1.68 bits per heavy atom. The van der Waals surface area contributed by atoms with Gasteiger partial charge in [-0.1, -0.05) is 17.7 Å². The lowest BCUT2D eigenvalue weighted by Gasteiger charge is -2.14. The molecule has 2 aromatic rings.